The Kier molecular flexibility index (Phi) is 3.32. The third-order valence-electron chi connectivity index (χ3n) is 3.48. The summed E-state index contributed by atoms with van der Waals surface area (Å²) in [6.07, 6.45) is 13.4. The van der Waals surface area contributed by atoms with Crippen LogP contribution in [0.25, 0.3) is 0 Å². The van der Waals surface area contributed by atoms with Crippen LogP contribution in [0.1, 0.15) is 51.4 Å². The predicted molar refractivity (Wildman–Crippen MR) is 58.2 cm³/mol. The van der Waals surface area contributed by atoms with Gasteiger partial charge in [-0.25, -0.2) is 0 Å². The van der Waals surface area contributed by atoms with Crippen LogP contribution in [-0.4, -0.2) is 5.38 Å². The molecular weight excluding hydrogens is 180 g/mol. The summed E-state index contributed by atoms with van der Waals surface area (Å²) < 4.78 is 0. The number of rotatable bonds is 1. The van der Waals surface area contributed by atoms with Gasteiger partial charge in [0, 0.05) is 0 Å². The monoisotopic (exact) mass is 198 g/mol. The van der Waals surface area contributed by atoms with E-state index < -0.39 is 0 Å². The summed E-state index contributed by atoms with van der Waals surface area (Å²) in [4.78, 5) is 0. The highest BCUT2D eigenvalue weighted by Gasteiger charge is 2.21. The Hall–Kier alpha value is 0.0300. The molecule has 2 rings (SSSR count). The maximum atomic E-state index is 6.09. The molecule has 0 amide bonds. The molecule has 2 aliphatic carbocycles. The van der Waals surface area contributed by atoms with Crippen LogP contribution >= 0.6 is 11.6 Å². The van der Waals surface area contributed by atoms with Gasteiger partial charge in [0.2, 0.25) is 0 Å². The van der Waals surface area contributed by atoms with Crippen molar-refractivity contribution in [2.75, 3.05) is 0 Å². The summed E-state index contributed by atoms with van der Waals surface area (Å²) in [5.74, 6) is 0.895. The lowest BCUT2D eigenvalue weighted by Crippen LogP contribution is -2.00. The second kappa shape index (κ2) is 4.50. The molecule has 0 N–H and O–H groups in total. The van der Waals surface area contributed by atoms with E-state index in [1.807, 2.05) is 0 Å². The first-order chi connectivity index (χ1) is 6.36. The van der Waals surface area contributed by atoms with Crippen molar-refractivity contribution in [3.05, 3.63) is 11.6 Å². The average molecular weight is 199 g/mol. The largest absolute Gasteiger partial charge is 0.118 e. The lowest BCUT2D eigenvalue weighted by Gasteiger charge is -2.14. The van der Waals surface area contributed by atoms with Gasteiger partial charge < -0.3 is 0 Å². The second-order valence-electron chi connectivity index (χ2n) is 4.48. The Labute approximate surface area is 86.4 Å². The quantitative estimate of drug-likeness (QED) is 0.335. The van der Waals surface area contributed by atoms with Crippen molar-refractivity contribution in [1.29, 1.82) is 0 Å². The molecule has 74 valence electrons. The van der Waals surface area contributed by atoms with Crippen molar-refractivity contribution in [3.63, 3.8) is 0 Å². The minimum Gasteiger partial charge on any atom is -0.118 e. The van der Waals surface area contributed by atoms with Crippen molar-refractivity contribution in [3.8, 4) is 0 Å². The van der Waals surface area contributed by atoms with Gasteiger partial charge in [-0.15, -0.1) is 11.6 Å². The molecule has 1 unspecified atom stereocenters. The molecule has 0 aromatic carbocycles. The maximum Gasteiger partial charge on any atom is 0.0521 e. The first-order valence-corrected chi connectivity index (χ1v) is 6.14. The number of allylic oxidation sites excluding steroid dienone is 2. The van der Waals surface area contributed by atoms with Gasteiger partial charge in [-0.3, -0.25) is 0 Å². The molecule has 1 heteroatoms. The number of hydrogen-bond acceptors (Lipinski definition) is 0. The van der Waals surface area contributed by atoms with Gasteiger partial charge in [0.15, 0.2) is 0 Å². The van der Waals surface area contributed by atoms with Gasteiger partial charge in [0.25, 0.3) is 0 Å². The highest BCUT2D eigenvalue weighted by atomic mass is 35.5. The summed E-state index contributed by atoms with van der Waals surface area (Å²) in [7, 11) is 0. The normalized spacial score (nSPS) is 31.5. The topological polar surface area (TPSA) is 0 Å². The Bertz CT molecular complexity index is 187. The molecular formula is C12H19Cl. The lowest BCUT2D eigenvalue weighted by atomic mass is 9.91. The molecule has 0 radical (unpaired) electrons. The lowest BCUT2D eigenvalue weighted by molar-refractivity contribution is 0.518. The molecule has 0 heterocycles. The van der Waals surface area contributed by atoms with E-state index in [1.165, 1.54) is 51.4 Å². The molecule has 0 bridgehead atoms. The van der Waals surface area contributed by atoms with Gasteiger partial charge in [-0.2, -0.15) is 0 Å². The minimum absolute atomic E-state index is 0.346. The van der Waals surface area contributed by atoms with Gasteiger partial charge in [0.05, 0.1) is 5.38 Å². The van der Waals surface area contributed by atoms with E-state index in [9.17, 15) is 0 Å². The molecule has 0 nitrogen and oxygen atoms in total. The van der Waals surface area contributed by atoms with Gasteiger partial charge in [-0.05, 0) is 31.6 Å². The molecule has 13 heavy (non-hydrogen) atoms. The van der Waals surface area contributed by atoms with E-state index in [1.54, 1.807) is 5.57 Å². The summed E-state index contributed by atoms with van der Waals surface area (Å²) >= 11 is 6.09. The van der Waals surface area contributed by atoms with Crippen LogP contribution in [-0.2, 0) is 0 Å². The standard InChI is InChI=1S/C12H19Cl/c13-12-8-7-11(9-12)10-5-3-1-2-4-6-10/h9-10,12H,1-8H2. The highest BCUT2D eigenvalue weighted by Crippen LogP contribution is 2.35. The number of hydrogen-bond donors (Lipinski definition) is 0. The molecule has 1 fully saturated rings. The number of alkyl halides is 1. The molecule has 2 aliphatic rings. The van der Waals surface area contributed by atoms with E-state index in [-0.39, 0.29) is 0 Å². The van der Waals surface area contributed by atoms with E-state index >= 15 is 0 Å². The highest BCUT2D eigenvalue weighted by molar-refractivity contribution is 6.22. The summed E-state index contributed by atoms with van der Waals surface area (Å²) in [6, 6.07) is 0. The predicted octanol–water partition coefficient (Wildman–Crippen LogP) is 4.28. The third kappa shape index (κ3) is 2.49. The minimum atomic E-state index is 0.346. The summed E-state index contributed by atoms with van der Waals surface area (Å²) in [5, 5.41) is 0.346. The fourth-order valence-electron chi connectivity index (χ4n) is 2.69. The van der Waals surface area contributed by atoms with Gasteiger partial charge in [0.1, 0.15) is 0 Å². The molecule has 1 saturated carbocycles. The van der Waals surface area contributed by atoms with Crippen molar-refractivity contribution < 1.29 is 0 Å². The van der Waals surface area contributed by atoms with Crippen molar-refractivity contribution in [2.45, 2.75) is 56.7 Å². The fourth-order valence-corrected chi connectivity index (χ4v) is 2.96. The first kappa shape index (κ1) is 9.58. The Balaban J connectivity index is 1.94. The molecule has 0 aromatic heterocycles. The van der Waals surface area contributed by atoms with Crippen LogP contribution in [0.5, 0.6) is 0 Å². The molecule has 0 saturated heterocycles. The van der Waals surface area contributed by atoms with Crippen LogP contribution in [0.4, 0.5) is 0 Å². The third-order valence-corrected chi connectivity index (χ3v) is 3.83. The average Bonchev–Trinajstić information content (AvgIpc) is 2.43. The van der Waals surface area contributed by atoms with Crippen LogP contribution in [0.2, 0.25) is 0 Å². The van der Waals surface area contributed by atoms with Crippen molar-refractivity contribution >= 4 is 11.6 Å². The van der Waals surface area contributed by atoms with E-state index in [2.05, 4.69) is 6.08 Å². The first-order valence-electron chi connectivity index (χ1n) is 5.71. The molecule has 0 aromatic rings. The summed E-state index contributed by atoms with van der Waals surface area (Å²) in [6.45, 7) is 0. The zero-order valence-electron chi connectivity index (χ0n) is 8.27. The molecule has 0 aliphatic heterocycles. The fraction of sp³-hybridized carbons (Fsp3) is 0.833. The van der Waals surface area contributed by atoms with Crippen molar-refractivity contribution in [2.24, 2.45) is 5.92 Å². The zero-order valence-corrected chi connectivity index (χ0v) is 9.02. The number of halogens is 1. The van der Waals surface area contributed by atoms with E-state index in [0.29, 0.717) is 5.38 Å². The van der Waals surface area contributed by atoms with Crippen molar-refractivity contribution in [1.82, 2.24) is 0 Å². The molecule has 1 atom stereocenters. The van der Waals surface area contributed by atoms with Crippen LogP contribution in [0.15, 0.2) is 11.6 Å². The Morgan fingerprint density at radius 1 is 1.00 bits per heavy atom. The van der Waals surface area contributed by atoms with Crippen LogP contribution in [0, 0.1) is 5.92 Å². The smallest absolute Gasteiger partial charge is 0.0521 e. The SMILES string of the molecule is ClC1C=C(C2CCCCCC2)CC1. The maximum absolute atomic E-state index is 6.09. The zero-order chi connectivity index (χ0) is 9.10. The van der Waals surface area contributed by atoms with E-state index in [0.717, 1.165) is 5.92 Å². The van der Waals surface area contributed by atoms with Crippen LogP contribution < -0.4 is 0 Å². The molecule has 0 spiro atoms. The second-order valence-corrected chi connectivity index (χ2v) is 5.05. The van der Waals surface area contributed by atoms with Gasteiger partial charge >= 0.3 is 0 Å². The Morgan fingerprint density at radius 3 is 2.23 bits per heavy atom. The summed E-state index contributed by atoms with van der Waals surface area (Å²) in [5.41, 5.74) is 1.68. The van der Waals surface area contributed by atoms with Crippen LogP contribution in [0.3, 0.4) is 0 Å². The Morgan fingerprint density at radius 2 is 1.69 bits per heavy atom. The van der Waals surface area contributed by atoms with E-state index in [4.69, 9.17) is 11.6 Å². The van der Waals surface area contributed by atoms with Gasteiger partial charge in [-0.1, -0.05) is 37.3 Å².